The van der Waals surface area contributed by atoms with E-state index < -0.39 is 0 Å². The summed E-state index contributed by atoms with van der Waals surface area (Å²) in [6.45, 7) is 8.35. The monoisotopic (exact) mass is 198 g/mol. The van der Waals surface area contributed by atoms with E-state index in [0.717, 1.165) is 12.8 Å². The molecular weight excluding hydrogens is 180 g/mol. The lowest BCUT2D eigenvalue weighted by molar-refractivity contribution is 0.754. The molecule has 0 N–H and O–H groups in total. The molecule has 15 heavy (non-hydrogen) atoms. The molecule has 0 aliphatic heterocycles. The SMILES string of the molecule is C=CCc1cccc2c1C=C(C(C)C)C2. The fourth-order valence-corrected chi connectivity index (χ4v) is 2.17. The Morgan fingerprint density at radius 3 is 2.87 bits per heavy atom. The van der Waals surface area contributed by atoms with Crippen molar-refractivity contribution in [3.8, 4) is 0 Å². The fourth-order valence-electron chi connectivity index (χ4n) is 2.17. The van der Waals surface area contributed by atoms with Gasteiger partial charge in [0.25, 0.3) is 0 Å². The van der Waals surface area contributed by atoms with Gasteiger partial charge in [0, 0.05) is 0 Å². The van der Waals surface area contributed by atoms with Crippen molar-refractivity contribution in [3.63, 3.8) is 0 Å². The highest BCUT2D eigenvalue weighted by Crippen LogP contribution is 2.31. The van der Waals surface area contributed by atoms with Crippen LogP contribution >= 0.6 is 0 Å². The molecule has 1 aliphatic rings. The third-order valence-corrected chi connectivity index (χ3v) is 3.12. The lowest BCUT2D eigenvalue weighted by Crippen LogP contribution is -1.93. The minimum Gasteiger partial charge on any atom is -0.103 e. The molecule has 0 nitrogen and oxygen atoms in total. The molecule has 1 aromatic rings. The van der Waals surface area contributed by atoms with E-state index in [1.165, 1.54) is 16.7 Å². The standard InChI is InChI=1S/C15H18/c1-4-6-12-7-5-8-13-9-14(11(2)3)10-15(12)13/h4-5,7-8,10-11H,1,6,9H2,2-3H3. The smallest absolute Gasteiger partial charge is 0.00552 e. The van der Waals surface area contributed by atoms with E-state index in [0.29, 0.717) is 5.92 Å². The minimum atomic E-state index is 0.661. The van der Waals surface area contributed by atoms with Crippen LogP contribution in [0.25, 0.3) is 6.08 Å². The molecule has 1 aromatic carbocycles. The molecule has 0 aromatic heterocycles. The van der Waals surface area contributed by atoms with E-state index in [1.807, 2.05) is 6.08 Å². The van der Waals surface area contributed by atoms with Crippen LogP contribution in [0.2, 0.25) is 0 Å². The van der Waals surface area contributed by atoms with Crippen LogP contribution in [-0.2, 0) is 12.8 Å². The molecule has 1 aliphatic carbocycles. The first kappa shape index (κ1) is 10.2. The topological polar surface area (TPSA) is 0 Å². The van der Waals surface area contributed by atoms with Gasteiger partial charge in [-0.3, -0.25) is 0 Å². The summed E-state index contributed by atoms with van der Waals surface area (Å²) in [5.41, 5.74) is 5.90. The summed E-state index contributed by atoms with van der Waals surface area (Å²) < 4.78 is 0. The minimum absolute atomic E-state index is 0.661. The zero-order chi connectivity index (χ0) is 10.8. The van der Waals surface area contributed by atoms with Crippen molar-refractivity contribution in [2.24, 2.45) is 5.92 Å². The molecule has 2 rings (SSSR count). The lowest BCUT2D eigenvalue weighted by atomic mass is 10.0. The third kappa shape index (κ3) is 1.90. The average molecular weight is 198 g/mol. The van der Waals surface area contributed by atoms with Gasteiger partial charge in [-0.1, -0.05) is 49.8 Å². The van der Waals surface area contributed by atoms with Gasteiger partial charge in [-0.2, -0.15) is 0 Å². The van der Waals surface area contributed by atoms with Crippen molar-refractivity contribution in [2.45, 2.75) is 26.7 Å². The Hall–Kier alpha value is -1.30. The quantitative estimate of drug-likeness (QED) is 0.644. The Morgan fingerprint density at radius 1 is 1.40 bits per heavy atom. The second kappa shape index (κ2) is 4.06. The normalized spacial score (nSPS) is 13.9. The van der Waals surface area contributed by atoms with E-state index >= 15 is 0 Å². The predicted octanol–water partition coefficient (Wildman–Crippen LogP) is 4.01. The highest BCUT2D eigenvalue weighted by atomic mass is 14.2. The first-order chi connectivity index (χ1) is 7.22. The van der Waals surface area contributed by atoms with Gasteiger partial charge in [0.2, 0.25) is 0 Å². The summed E-state index contributed by atoms with van der Waals surface area (Å²) in [6, 6.07) is 6.61. The van der Waals surface area contributed by atoms with Crippen LogP contribution in [0.15, 0.2) is 36.4 Å². The van der Waals surface area contributed by atoms with Gasteiger partial charge in [-0.25, -0.2) is 0 Å². The van der Waals surface area contributed by atoms with Crippen LogP contribution < -0.4 is 0 Å². The molecule has 0 amide bonds. The van der Waals surface area contributed by atoms with Crippen molar-refractivity contribution in [1.82, 2.24) is 0 Å². The van der Waals surface area contributed by atoms with Crippen molar-refractivity contribution >= 4 is 6.08 Å². The molecular formula is C15H18. The van der Waals surface area contributed by atoms with Crippen LogP contribution in [-0.4, -0.2) is 0 Å². The van der Waals surface area contributed by atoms with Gasteiger partial charge < -0.3 is 0 Å². The van der Waals surface area contributed by atoms with Gasteiger partial charge in [-0.05, 0) is 35.4 Å². The molecule has 0 saturated carbocycles. The number of hydrogen-bond donors (Lipinski definition) is 0. The molecule has 0 fully saturated rings. The van der Waals surface area contributed by atoms with Crippen LogP contribution in [0.3, 0.4) is 0 Å². The maximum atomic E-state index is 3.81. The number of hydrogen-bond acceptors (Lipinski definition) is 0. The second-order valence-corrected chi connectivity index (χ2v) is 4.53. The summed E-state index contributed by atoms with van der Waals surface area (Å²) in [5.74, 6) is 0.661. The van der Waals surface area contributed by atoms with Gasteiger partial charge in [0.05, 0.1) is 0 Å². The molecule has 0 bridgehead atoms. The van der Waals surface area contributed by atoms with E-state index in [-0.39, 0.29) is 0 Å². The van der Waals surface area contributed by atoms with Crippen LogP contribution in [0.1, 0.15) is 30.5 Å². The number of benzene rings is 1. The second-order valence-electron chi connectivity index (χ2n) is 4.53. The fraction of sp³-hybridized carbons (Fsp3) is 0.333. The van der Waals surface area contributed by atoms with Crippen LogP contribution in [0.4, 0.5) is 0 Å². The largest absolute Gasteiger partial charge is 0.103 e. The Morgan fingerprint density at radius 2 is 2.20 bits per heavy atom. The Kier molecular flexibility index (Phi) is 2.77. The summed E-state index contributed by atoms with van der Waals surface area (Å²) in [4.78, 5) is 0. The first-order valence-corrected chi connectivity index (χ1v) is 5.64. The molecule has 0 spiro atoms. The van der Waals surface area contributed by atoms with Gasteiger partial charge >= 0.3 is 0 Å². The summed E-state index contributed by atoms with van der Waals surface area (Å²) in [6.07, 6.45) is 6.47. The Bertz CT molecular complexity index is 408. The first-order valence-electron chi connectivity index (χ1n) is 5.64. The van der Waals surface area contributed by atoms with Gasteiger partial charge in [0.1, 0.15) is 0 Å². The predicted molar refractivity (Wildman–Crippen MR) is 66.9 cm³/mol. The zero-order valence-corrected chi connectivity index (χ0v) is 9.59. The third-order valence-electron chi connectivity index (χ3n) is 3.12. The van der Waals surface area contributed by atoms with E-state index in [2.05, 4.69) is 44.7 Å². The summed E-state index contributed by atoms with van der Waals surface area (Å²) in [5, 5.41) is 0. The average Bonchev–Trinajstić information content (AvgIpc) is 2.63. The Balaban J connectivity index is 2.40. The number of fused-ring (bicyclic) bond motifs is 1. The van der Waals surface area contributed by atoms with E-state index in [1.54, 1.807) is 5.57 Å². The highest BCUT2D eigenvalue weighted by Gasteiger charge is 2.16. The maximum absolute atomic E-state index is 3.81. The molecule has 78 valence electrons. The molecule has 0 unspecified atom stereocenters. The summed E-state index contributed by atoms with van der Waals surface area (Å²) in [7, 11) is 0. The van der Waals surface area contributed by atoms with Crippen molar-refractivity contribution < 1.29 is 0 Å². The van der Waals surface area contributed by atoms with Gasteiger partial charge in [0.15, 0.2) is 0 Å². The highest BCUT2D eigenvalue weighted by molar-refractivity contribution is 5.67. The van der Waals surface area contributed by atoms with Crippen LogP contribution in [0.5, 0.6) is 0 Å². The molecule has 0 heteroatoms. The molecule has 0 radical (unpaired) electrons. The zero-order valence-electron chi connectivity index (χ0n) is 9.59. The van der Waals surface area contributed by atoms with Crippen molar-refractivity contribution in [1.29, 1.82) is 0 Å². The van der Waals surface area contributed by atoms with E-state index in [4.69, 9.17) is 0 Å². The Labute approximate surface area is 92.3 Å². The number of allylic oxidation sites excluding steroid dienone is 2. The van der Waals surface area contributed by atoms with Crippen molar-refractivity contribution in [3.05, 3.63) is 53.1 Å². The van der Waals surface area contributed by atoms with Gasteiger partial charge in [-0.15, -0.1) is 6.58 Å². The maximum Gasteiger partial charge on any atom is -0.00552 e. The van der Waals surface area contributed by atoms with E-state index in [9.17, 15) is 0 Å². The summed E-state index contributed by atoms with van der Waals surface area (Å²) >= 11 is 0. The molecule has 0 saturated heterocycles. The molecule has 0 atom stereocenters. The van der Waals surface area contributed by atoms with Crippen molar-refractivity contribution in [2.75, 3.05) is 0 Å². The lowest BCUT2D eigenvalue weighted by Gasteiger charge is -2.05. The van der Waals surface area contributed by atoms with Crippen LogP contribution in [0, 0.1) is 5.92 Å². The molecule has 0 heterocycles. The number of rotatable bonds is 3.